The van der Waals surface area contributed by atoms with Gasteiger partial charge in [-0.2, -0.15) is 0 Å². The van der Waals surface area contributed by atoms with Crippen molar-refractivity contribution in [2.24, 2.45) is 0 Å². The molecule has 0 aliphatic carbocycles. The molecule has 0 heterocycles. The van der Waals surface area contributed by atoms with Gasteiger partial charge in [0.05, 0.1) is 28.9 Å². The van der Waals surface area contributed by atoms with E-state index in [1.165, 1.54) is 31.4 Å². The number of amides is 1. The molecule has 0 spiro atoms. The zero-order valence-corrected chi connectivity index (χ0v) is 17.2. The molecule has 2 rings (SSSR count). The lowest BCUT2D eigenvalue weighted by molar-refractivity contribution is 0.0600. The van der Waals surface area contributed by atoms with E-state index in [0.29, 0.717) is 0 Å². The molecular formula is C19H21ClN2O5S. The van der Waals surface area contributed by atoms with Crippen LogP contribution in [0.1, 0.15) is 41.0 Å². The van der Waals surface area contributed by atoms with Gasteiger partial charge in [-0.25, -0.2) is 13.2 Å². The van der Waals surface area contributed by atoms with Crippen LogP contribution in [0.25, 0.3) is 0 Å². The first-order valence-corrected chi connectivity index (χ1v) is 10.4. The zero-order chi connectivity index (χ0) is 20.9. The van der Waals surface area contributed by atoms with Crippen LogP contribution in [0.4, 0.5) is 5.69 Å². The fraction of sp³-hybridized carbons (Fsp3) is 0.263. The summed E-state index contributed by atoms with van der Waals surface area (Å²) in [7, 11) is -2.98. The molecular weight excluding hydrogens is 404 g/mol. The second-order valence-electron chi connectivity index (χ2n) is 6.07. The average molecular weight is 425 g/mol. The van der Waals surface area contributed by atoms with Crippen LogP contribution in [-0.2, 0) is 14.8 Å². The number of carbonyl (C=O) groups is 2. The topological polar surface area (TPSA) is 102 Å². The first-order chi connectivity index (χ1) is 13.2. The predicted octanol–water partition coefficient (Wildman–Crippen LogP) is 3.46. The summed E-state index contributed by atoms with van der Waals surface area (Å²) < 4.78 is 32.7. The fourth-order valence-corrected chi connectivity index (χ4v) is 3.93. The van der Waals surface area contributed by atoms with Crippen molar-refractivity contribution in [1.82, 2.24) is 5.32 Å². The molecule has 0 saturated carbocycles. The third-order valence-electron chi connectivity index (χ3n) is 4.05. The Bertz CT molecular complexity index is 992. The number of sulfonamides is 1. The number of esters is 1. The molecule has 0 radical (unpaired) electrons. The normalized spacial score (nSPS) is 12.1. The second kappa shape index (κ2) is 9.07. The molecule has 0 bridgehead atoms. The van der Waals surface area contributed by atoms with Crippen molar-refractivity contribution >= 4 is 39.2 Å². The van der Waals surface area contributed by atoms with E-state index in [2.05, 4.69) is 14.8 Å². The maximum atomic E-state index is 12.9. The summed E-state index contributed by atoms with van der Waals surface area (Å²) in [4.78, 5) is 23.9. The monoisotopic (exact) mass is 424 g/mol. The van der Waals surface area contributed by atoms with E-state index in [-0.39, 0.29) is 32.8 Å². The lowest BCUT2D eigenvalue weighted by Gasteiger charge is -2.16. The Morgan fingerprint density at radius 2 is 1.86 bits per heavy atom. The van der Waals surface area contributed by atoms with E-state index in [1.807, 2.05) is 13.8 Å². The molecule has 2 aromatic carbocycles. The number of methoxy groups -OCH3 is 1. The number of benzene rings is 2. The van der Waals surface area contributed by atoms with Crippen molar-refractivity contribution < 1.29 is 22.7 Å². The molecule has 2 N–H and O–H groups in total. The van der Waals surface area contributed by atoms with Gasteiger partial charge in [-0.1, -0.05) is 30.7 Å². The second-order valence-corrected chi connectivity index (χ2v) is 8.13. The number of halogens is 1. The first-order valence-electron chi connectivity index (χ1n) is 8.50. The van der Waals surface area contributed by atoms with Gasteiger partial charge in [0.25, 0.3) is 15.9 Å². The van der Waals surface area contributed by atoms with Crippen molar-refractivity contribution in [3.05, 3.63) is 58.6 Å². The largest absolute Gasteiger partial charge is 0.465 e. The van der Waals surface area contributed by atoms with Gasteiger partial charge < -0.3 is 10.1 Å². The number of anilines is 1. The summed E-state index contributed by atoms with van der Waals surface area (Å²) in [5.74, 6) is -1.09. The summed E-state index contributed by atoms with van der Waals surface area (Å²) in [6.07, 6.45) is 0.732. The highest BCUT2D eigenvalue weighted by atomic mass is 35.5. The van der Waals surface area contributed by atoms with Gasteiger partial charge in [0.2, 0.25) is 0 Å². The van der Waals surface area contributed by atoms with Gasteiger partial charge in [-0.05, 0) is 43.7 Å². The molecule has 0 aliphatic heterocycles. The first kappa shape index (κ1) is 21.7. The summed E-state index contributed by atoms with van der Waals surface area (Å²) >= 11 is 6.03. The standard InChI is InChI=1S/C19H21ClN2O5S/c1-4-12(2)21-18(23)14-7-5-6-8-16(14)22-28(25,26)17-11-13(19(24)27-3)9-10-15(17)20/h5-12,22H,4H2,1-3H3,(H,21,23). The van der Waals surface area contributed by atoms with E-state index in [1.54, 1.807) is 12.1 Å². The van der Waals surface area contributed by atoms with Gasteiger partial charge in [0, 0.05) is 6.04 Å². The lowest BCUT2D eigenvalue weighted by Crippen LogP contribution is -2.32. The highest BCUT2D eigenvalue weighted by molar-refractivity contribution is 7.92. The molecule has 0 aliphatic rings. The quantitative estimate of drug-likeness (QED) is 0.663. The van der Waals surface area contributed by atoms with Crippen LogP contribution in [0.15, 0.2) is 47.4 Å². The Hall–Kier alpha value is -2.58. The predicted molar refractivity (Wildman–Crippen MR) is 107 cm³/mol. The minimum Gasteiger partial charge on any atom is -0.465 e. The van der Waals surface area contributed by atoms with Gasteiger partial charge >= 0.3 is 5.97 Å². The van der Waals surface area contributed by atoms with Crippen molar-refractivity contribution in [3.8, 4) is 0 Å². The smallest absolute Gasteiger partial charge is 0.337 e. The third-order valence-corrected chi connectivity index (χ3v) is 5.89. The Kier molecular flexibility index (Phi) is 7.04. The zero-order valence-electron chi connectivity index (χ0n) is 15.7. The molecule has 1 atom stereocenters. The Balaban J connectivity index is 2.41. The van der Waals surface area contributed by atoms with E-state index in [4.69, 9.17) is 11.6 Å². The SMILES string of the molecule is CCC(C)NC(=O)c1ccccc1NS(=O)(=O)c1cc(C(=O)OC)ccc1Cl. The summed E-state index contributed by atoms with van der Waals surface area (Å²) in [6, 6.07) is 9.94. The van der Waals surface area contributed by atoms with Gasteiger partial charge in [-0.3, -0.25) is 9.52 Å². The highest BCUT2D eigenvalue weighted by Gasteiger charge is 2.23. The summed E-state index contributed by atoms with van der Waals surface area (Å²) in [5.41, 5.74) is 0.310. The Labute approximate surface area is 169 Å². The number of nitrogens with one attached hydrogen (secondary N) is 2. The Morgan fingerprint density at radius 3 is 2.50 bits per heavy atom. The van der Waals surface area contributed by atoms with Crippen LogP contribution < -0.4 is 10.0 Å². The van der Waals surface area contributed by atoms with E-state index in [9.17, 15) is 18.0 Å². The van der Waals surface area contributed by atoms with Gasteiger partial charge in [0.15, 0.2) is 0 Å². The molecule has 7 nitrogen and oxygen atoms in total. The minimum atomic E-state index is -4.17. The molecule has 150 valence electrons. The molecule has 0 aromatic heterocycles. The number of hydrogen-bond acceptors (Lipinski definition) is 5. The van der Waals surface area contributed by atoms with Crippen LogP contribution in [-0.4, -0.2) is 33.4 Å². The lowest BCUT2D eigenvalue weighted by atomic mass is 10.1. The maximum Gasteiger partial charge on any atom is 0.337 e. The Morgan fingerprint density at radius 1 is 1.18 bits per heavy atom. The van der Waals surface area contributed by atoms with Crippen molar-refractivity contribution in [1.29, 1.82) is 0 Å². The van der Waals surface area contributed by atoms with Crippen molar-refractivity contribution in [2.45, 2.75) is 31.2 Å². The molecule has 1 amide bonds. The summed E-state index contributed by atoms with van der Waals surface area (Å²) in [6.45, 7) is 3.78. The van der Waals surface area contributed by atoms with E-state index >= 15 is 0 Å². The van der Waals surface area contributed by atoms with Crippen molar-refractivity contribution in [2.75, 3.05) is 11.8 Å². The van der Waals surface area contributed by atoms with Crippen LogP contribution in [0.2, 0.25) is 5.02 Å². The molecule has 9 heteroatoms. The number of carbonyl (C=O) groups excluding carboxylic acids is 2. The number of ether oxygens (including phenoxy) is 1. The van der Waals surface area contributed by atoms with Gasteiger partial charge in [-0.15, -0.1) is 0 Å². The summed E-state index contributed by atoms with van der Waals surface area (Å²) in [5, 5.41) is 2.73. The number of para-hydroxylation sites is 1. The van der Waals surface area contributed by atoms with Crippen LogP contribution in [0.5, 0.6) is 0 Å². The van der Waals surface area contributed by atoms with E-state index < -0.39 is 21.9 Å². The van der Waals surface area contributed by atoms with Crippen molar-refractivity contribution in [3.63, 3.8) is 0 Å². The maximum absolute atomic E-state index is 12.9. The van der Waals surface area contributed by atoms with E-state index in [0.717, 1.165) is 12.5 Å². The molecule has 1 unspecified atom stereocenters. The minimum absolute atomic E-state index is 0.0371. The number of hydrogen-bond donors (Lipinski definition) is 2. The fourth-order valence-electron chi connectivity index (χ4n) is 2.33. The van der Waals surface area contributed by atoms with Crippen LogP contribution in [0.3, 0.4) is 0 Å². The third kappa shape index (κ3) is 5.02. The molecule has 0 fully saturated rings. The molecule has 0 saturated heterocycles. The van der Waals surface area contributed by atoms with Gasteiger partial charge in [0.1, 0.15) is 4.90 Å². The average Bonchev–Trinajstić information content (AvgIpc) is 2.67. The van der Waals surface area contributed by atoms with Crippen LogP contribution >= 0.6 is 11.6 Å². The highest BCUT2D eigenvalue weighted by Crippen LogP contribution is 2.26. The number of rotatable bonds is 7. The molecule has 28 heavy (non-hydrogen) atoms. The van der Waals surface area contributed by atoms with Crippen LogP contribution in [0, 0.1) is 0 Å². The molecule has 2 aromatic rings.